The van der Waals surface area contributed by atoms with Gasteiger partial charge in [-0.3, -0.25) is 9.69 Å². The Morgan fingerprint density at radius 3 is 2.66 bits per heavy atom. The monoisotopic (exact) mass is 396 g/mol. The summed E-state index contributed by atoms with van der Waals surface area (Å²) in [5.41, 5.74) is 1.02. The molecular formula is C22H28N4O3. The minimum atomic E-state index is -0.827. The van der Waals surface area contributed by atoms with E-state index in [0.29, 0.717) is 18.0 Å². The van der Waals surface area contributed by atoms with Crippen LogP contribution in [-0.4, -0.2) is 40.5 Å². The van der Waals surface area contributed by atoms with Gasteiger partial charge in [-0.25, -0.2) is 9.78 Å². The fourth-order valence-electron chi connectivity index (χ4n) is 4.61. The number of oxazole rings is 1. The van der Waals surface area contributed by atoms with Crippen LogP contribution in [-0.2, 0) is 17.8 Å². The van der Waals surface area contributed by atoms with Gasteiger partial charge in [0.05, 0.1) is 12.2 Å². The zero-order valence-electron chi connectivity index (χ0n) is 16.8. The molecule has 29 heavy (non-hydrogen) atoms. The predicted molar refractivity (Wildman–Crippen MR) is 108 cm³/mol. The van der Waals surface area contributed by atoms with Gasteiger partial charge in [0.2, 0.25) is 0 Å². The summed E-state index contributed by atoms with van der Waals surface area (Å²) in [7, 11) is 0. The van der Waals surface area contributed by atoms with E-state index in [1.54, 1.807) is 6.92 Å². The molecule has 7 nitrogen and oxygen atoms in total. The summed E-state index contributed by atoms with van der Waals surface area (Å²) < 4.78 is 5.24. The second-order valence-corrected chi connectivity index (χ2v) is 8.01. The van der Waals surface area contributed by atoms with E-state index in [0.717, 1.165) is 38.8 Å². The summed E-state index contributed by atoms with van der Waals surface area (Å²) in [5, 5.41) is 6.46. The summed E-state index contributed by atoms with van der Waals surface area (Å²) >= 11 is 0. The Hall–Kier alpha value is -2.67. The number of benzene rings is 1. The van der Waals surface area contributed by atoms with Gasteiger partial charge in [-0.2, -0.15) is 0 Å². The maximum Gasteiger partial charge on any atom is 0.325 e. The van der Waals surface area contributed by atoms with E-state index in [4.69, 9.17) is 4.42 Å². The molecule has 3 amide bonds. The summed E-state index contributed by atoms with van der Waals surface area (Å²) in [4.78, 5) is 31.9. The highest BCUT2D eigenvalue weighted by Gasteiger charge is 2.55. The maximum absolute atomic E-state index is 13.6. The fraction of sp³-hybridized carbons (Fsp3) is 0.500. The van der Waals surface area contributed by atoms with Crippen LogP contribution in [0.25, 0.3) is 0 Å². The minimum absolute atomic E-state index is 0.122. The lowest BCUT2D eigenvalue weighted by Crippen LogP contribution is -2.55. The Bertz CT molecular complexity index is 860. The molecule has 0 bridgehead atoms. The van der Waals surface area contributed by atoms with Crippen molar-refractivity contribution in [1.82, 2.24) is 20.5 Å². The van der Waals surface area contributed by atoms with E-state index in [1.165, 1.54) is 16.7 Å². The first-order valence-corrected chi connectivity index (χ1v) is 10.4. The molecule has 2 aliphatic heterocycles. The Morgan fingerprint density at radius 2 is 1.97 bits per heavy atom. The van der Waals surface area contributed by atoms with Crippen molar-refractivity contribution in [3.63, 3.8) is 0 Å². The van der Waals surface area contributed by atoms with Crippen LogP contribution in [0.2, 0.25) is 0 Å². The number of urea groups is 1. The molecule has 0 spiro atoms. The number of piperidine rings is 1. The second-order valence-electron chi connectivity index (χ2n) is 8.01. The average molecular weight is 396 g/mol. The van der Waals surface area contributed by atoms with Gasteiger partial charge in [0.15, 0.2) is 5.89 Å². The van der Waals surface area contributed by atoms with Crippen molar-refractivity contribution in [1.29, 1.82) is 0 Å². The Balaban J connectivity index is 1.53. The highest BCUT2D eigenvalue weighted by molar-refractivity contribution is 6.07. The number of carbonyl (C=O) groups excluding carboxylic acids is 2. The van der Waals surface area contributed by atoms with Gasteiger partial charge in [-0.1, -0.05) is 30.3 Å². The van der Waals surface area contributed by atoms with E-state index in [2.05, 4.69) is 27.8 Å². The zero-order chi connectivity index (χ0) is 20.3. The molecular weight excluding hydrogens is 368 g/mol. The number of amides is 3. The number of nitrogens with one attached hydrogen (secondary N) is 2. The third-order valence-corrected chi connectivity index (χ3v) is 6.10. The van der Waals surface area contributed by atoms with Gasteiger partial charge in [0.25, 0.3) is 5.91 Å². The number of hydrogen-bond donors (Lipinski definition) is 2. The third kappa shape index (κ3) is 4.05. The van der Waals surface area contributed by atoms with E-state index in [9.17, 15) is 9.59 Å². The molecule has 0 radical (unpaired) electrons. The van der Waals surface area contributed by atoms with Crippen molar-refractivity contribution in [2.24, 2.45) is 5.92 Å². The molecule has 2 aromatic rings. The fourth-order valence-corrected chi connectivity index (χ4v) is 4.61. The molecule has 0 saturated carbocycles. The first kappa shape index (κ1) is 19.6. The number of imide groups is 1. The summed E-state index contributed by atoms with van der Waals surface area (Å²) in [6, 6.07) is 9.94. The van der Waals surface area contributed by atoms with E-state index < -0.39 is 5.54 Å². The van der Waals surface area contributed by atoms with Crippen molar-refractivity contribution in [2.75, 3.05) is 13.1 Å². The van der Waals surface area contributed by atoms with Crippen molar-refractivity contribution >= 4 is 11.9 Å². The van der Waals surface area contributed by atoms with Crippen molar-refractivity contribution in [2.45, 2.75) is 51.1 Å². The van der Waals surface area contributed by atoms with Gasteiger partial charge in [-0.05, 0) is 56.7 Å². The van der Waals surface area contributed by atoms with Gasteiger partial charge >= 0.3 is 6.03 Å². The minimum Gasteiger partial charge on any atom is -0.449 e. The third-order valence-electron chi connectivity index (χ3n) is 6.10. The number of hydrogen-bond acceptors (Lipinski definition) is 5. The molecule has 4 rings (SSSR count). The first-order valence-electron chi connectivity index (χ1n) is 10.4. The zero-order valence-corrected chi connectivity index (χ0v) is 16.8. The molecule has 2 aliphatic rings. The summed E-state index contributed by atoms with van der Waals surface area (Å²) in [5.74, 6) is 0.544. The average Bonchev–Trinajstić information content (AvgIpc) is 3.26. The van der Waals surface area contributed by atoms with Gasteiger partial charge < -0.3 is 15.1 Å². The van der Waals surface area contributed by atoms with Crippen LogP contribution in [0.5, 0.6) is 0 Å². The van der Waals surface area contributed by atoms with Crippen LogP contribution in [0.15, 0.2) is 41.0 Å². The Morgan fingerprint density at radius 1 is 1.21 bits per heavy atom. The standard InChI is InChI=1S/C22H28N4O3/c1-16-24-19(15-29-16)14-26-20(27)22(25-21(26)28,18-9-12-23-13-10-18)11-5-8-17-6-3-2-4-7-17/h2-4,6-7,15,18,23H,5,8-14H2,1H3,(H,25,28)/t22-/m0/s1. The molecule has 0 aliphatic carbocycles. The number of rotatable bonds is 7. The van der Waals surface area contributed by atoms with E-state index in [-0.39, 0.29) is 24.4 Å². The van der Waals surface area contributed by atoms with E-state index in [1.807, 2.05) is 18.2 Å². The van der Waals surface area contributed by atoms with Gasteiger partial charge in [0, 0.05) is 6.92 Å². The van der Waals surface area contributed by atoms with Gasteiger partial charge in [0.1, 0.15) is 11.8 Å². The van der Waals surface area contributed by atoms with Crippen molar-refractivity contribution in [3.05, 3.63) is 53.7 Å². The number of nitrogens with zero attached hydrogens (tertiary/aromatic N) is 2. The maximum atomic E-state index is 13.6. The predicted octanol–water partition coefficient (Wildman–Crippen LogP) is 2.80. The molecule has 1 aromatic heterocycles. The summed E-state index contributed by atoms with van der Waals surface area (Å²) in [6.45, 7) is 3.64. The van der Waals surface area contributed by atoms with Crippen molar-refractivity contribution in [3.8, 4) is 0 Å². The highest BCUT2D eigenvalue weighted by atomic mass is 16.3. The summed E-state index contributed by atoms with van der Waals surface area (Å²) in [6.07, 6.45) is 5.65. The van der Waals surface area contributed by atoms with Crippen LogP contribution in [0.4, 0.5) is 4.79 Å². The Labute approximate surface area is 170 Å². The largest absolute Gasteiger partial charge is 0.449 e. The molecule has 2 fully saturated rings. The van der Waals surface area contributed by atoms with Crippen LogP contribution < -0.4 is 10.6 Å². The SMILES string of the molecule is Cc1nc(CN2C(=O)N[C@@](CCCc3ccccc3)(C3CCNCC3)C2=O)co1. The van der Waals surface area contributed by atoms with Crippen LogP contribution in [0.3, 0.4) is 0 Å². The number of aryl methyl sites for hydroxylation is 2. The molecule has 154 valence electrons. The first-order chi connectivity index (χ1) is 14.1. The molecule has 1 aromatic carbocycles. The molecule has 2 saturated heterocycles. The van der Waals surface area contributed by atoms with E-state index >= 15 is 0 Å². The lowest BCUT2D eigenvalue weighted by atomic mass is 9.74. The van der Waals surface area contributed by atoms with Crippen LogP contribution >= 0.6 is 0 Å². The molecule has 2 N–H and O–H groups in total. The number of aromatic nitrogens is 1. The molecule has 3 heterocycles. The lowest BCUT2D eigenvalue weighted by Gasteiger charge is -2.38. The normalized spacial score (nSPS) is 22.9. The van der Waals surface area contributed by atoms with Gasteiger partial charge in [-0.15, -0.1) is 0 Å². The topological polar surface area (TPSA) is 87.5 Å². The highest BCUT2D eigenvalue weighted by Crippen LogP contribution is 2.36. The molecule has 1 atom stereocenters. The van der Waals surface area contributed by atoms with Crippen molar-refractivity contribution < 1.29 is 14.0 Å². The quantitative estimate of drug-likeness (QED) is 0.703. The Kier molecular flexibility index (Phi) is 5.67. The number of carbonyl (C=O) groups is 2. The molecule has 7 heteroatoms. The van der Waals surface area contributed by atoms with Crippen LogP contribution in [0, 0.1) is 12.8 Å². The second kappa shape index (κ2) is 8.37. The molecule has 0 unspecified atom stereocenters. The lowest BCUT2D eigenvalue weighted by molar-refractivity contribution is -0.134. The van der Waals surface area contributed by atoms with Crippen LogP contribution in [0.1, 0.15) is 42.8 Å². The smallest absolute Gasteiger partial charge is 0.325 e.